The number of hydrogen-bond acceptors (Lipinski definition) is 8. The minimum Gasteiger partial charge on any atom is -0.507 e. The lowest BCUT2D eigenvalue weighted by atomic mass is 9.96. The molecule has 3 aromatic rings. The molecule has 35 heavy (non-hydrogen) atoms. The highest BCUT2D eigenvalue weighted by Crippen LogP contribution is 2.40. The van der Waals surface area contributed by atoms with Gasteiger partial charge < -0.3 is 20.1 Å². The number of halogens is 2. The van der Waals surface area contributed by atoms with Gasteiger partial charge in [0.05, 0.1) is 29.6 Å². The van der Waals surface area contributed by atoms with Crippen molar-refractivity contribution in [3.63, 3.8) is 0 Å². The highest BCUT2D eigenvalue weighted by atomic mass is 19.1. The molecule has 4 atom stereocenters. The Labute approximate surface area is 205 Å². The Morgan fingerprint density at radius 3 is 2.74 bits per heavy atom. The molecule has 10 heteroatoms. The molecular formula is C25H26F2N6O2. The summed E-state index contributed by atoms with van der Waals surface area (Å²) in [4.78, 5) is 10.1. The van der Waals surface area contributed by atoms with Gasteiger partial charge in [0.25, 0.3) is 0 Å². The van der Waals surface area contributed by atoms with Crippen molar-refractivity contribution in [3.8, 4) is 34.0 Å². The van der Waals surface area contributed by atoms with E-state index in [0.29, 0.717) is 29.7 Å². The normalized spacial score (nSPS) is 27.1. The predicted octanol–water partition coefficient (Wildman–Crippen LogP) is 3.65. The summed E-state index contributed by atoms with van der Waals surface area (Å²) in [5.74, 6) is -0.799. The highest BCUT2D eigenvalue weighted by Gasteiger charge is 2.48. The monoisotopic (exact) mass is 483 g/mol. The fourth-order valence-electron chi connectivity index (χ4n) is 5.30. The van der Waals surface area contributed by atoms with E-state index in [1.807, 2.05) is 4.90 Å². The zero-order valence-corrected chi connectivity index (χ0v) is 18.7. The van der Waals surface area contributed by atoms with Crippen molar-refractivity contribution in [3.05, 3.63) is 42.5 Å². The Kier molecular flexibility index (Phi) is 4.68. The largest absolute Gasteiger partial charge is 0.507 e. The molecule has 3 aliphatic rings. The maximum Gasteiger partial charge on any atom is 0.245 e. The number of rotatable bonds is 6. The molecule has 6 rings (SSSR count). The van der Waals surface area contributed by atoms with E-state index in [2.05, 4.69) is 25.5 Å². The second-order valence-electron chi connectivity index (χ2n) is 9.41. The average molecular weight is 484 g/mol. The van der Waals surface area contributed by atoms with E-state index in [9.17, 15) is 9.50 Å². The van der Waals surface area contributed by atoms with Gasteiger partial charge in [0.15, 0.2) is 0 Å². The number of anilines is 1. The molecule has 0 amide bonds. The van der Waals surface area contributed by atoms with Crippen molar-refractivity contribution < 1.29 is 22.7 Å². The van der Waals surface area contributed by atoms with Gasteiger partial charge in [-0.2, -0.15) is 0 Å². The second kappa shape index (κ2) is 8.67. The highest BCUT2D eigenvalue weighted by molar-refractivity contribution is 5.74. The summed E-state index contributed by atoms with van der Waals surface area (Å²) in [6, 6.07) is 5.66. The number of methoxy groups -OCH3 is 1. The minimum absolute atomic E-state index is 0.0115. The number of benzene rings is 1. The van der Waals surface area contributed by atoms with Gasteiger partial charge in [-0.15, -0.1) is 10.2 Å². The molecule has 2 aromatic heterocycles. The summed E-state index contributed by atoms with van der Waals surface area (Å²) in [6.45, 7) is 0. The van der Waals surface area contributed by atoms with E-state index in [1.54, 1.807) is 12.1 Å². The predicted molar refractivity (Wildman–Crippen MR) is 125 cm³/mol. The van der Waals surface area contributed by atoms with Gasteiger partial charge >= 0.3 is 0 Å². The van der Waals surface area contributed by atoms with E-state index < -0.39 is 19.0 Å². The molecule has 2 aliphatic heterocycles. The molecule has 1 aliphatic carbocycles. The van der Waals surface area contributed by atoms with Crippen LogP contribution in [0.1, 0.15) is 36.2 Å². The number of nitrogens with zero attached hydrogens (tertiary/aromatic N) is 5. The lowest BCUT2D eigenvalue weighted by Gasteiger charge is -2.40. The van der Waals surface area contributed by atoms with Crippen molar-refractivity contribution in [2.45, 2.75) is 62.4 Å². The van der Waals surface area contributed by atoms with Crippen LogP contribution in [0.2, 0.25) is 0 Å². The van der Waals surface area contributed by atoms with E-state index >= 15 is 4.39 Å². The zero-order valence-electron chi connectivity index (χ0n) is 21.7. The number of ether oxygens (including phenoxy) is 1. The van der Waals surface area contributed by atoms with Crippen LogP contribution in [0.15, 0.2) is 36.7 Å². The number of phenolic OH excluding ortho intramolecular Hbond substituents is 1. The first-order chi connectivity index (χ1) is 18.2. The Morgan fingerprint density at radius 1 is 1.11 bits per heavy atom. The molecule has 0 spiro atoms. The standard InChI is InChI=1S/C25H26F2N6O2/c1-35-23-10-17(18(26)11-28-23)13-2-6-16(22(34)8-13)20-12-29-25(32-31-20)33(15-4-5-15)21-9-14-3-7-19(30-14)24(21)27/h2,6,8,10-12,14-15,19,21,24,30,34H,3-5,7,9H2,1H3/t14-,19-,21+,24-/m0/s1/i1D3. The quantitative estimate of drug-likeness (QED) is 0.549. The van der Waals surface area contributed by atoms with E-state index in [0.717, 1.165) is 37.9 Å². The number of aromatic nitrogens is 4. The van der Waals surface area contributed by atoms with Gasteiger partial charge in [-0.1, -0.05) is 6.07 Å². The number of phenols is 1. The molecule has 182 valence electrons. The lowest BCUT2D eigenvalue weighted by molar-refractivity contribution is 0.171. The van der Waals surface area contributed by atoms with Crippen LogP contribution < -0.4 is 15.0 Å². The van der Waals surface area contributed by atoms with Crippen molar-refractivity contribution in [2.24, 2.45) is 0 Å². The zero-order chi connectivity index (χ0) is 26.6. The number of hydrogen-bond donors (Lipinski definition) is 2. The summed E-state index contributed by atoms with van der Waals surface area (Å²) >= 11 is 0. The van der Waals surface area contributed by atoms with Crippen molar-refractivity contribution in [2.75, 3.05) is 11.9 Å². The van der Waals surface area contributed by atoms with E-state index in [-0.39, 0.29) is 40.9 Å². The Balaban J connectivity index is 1.25. The third-order valence-electron chi connectivity index (χ3n) is 7.15. The third kappa shape index (κ3) is 4.05. The fourth-order valence-corrected chi connectivity index (χ4v) is 5.30. The molecule has 8 nitrogen and oxygen atoms in total. The number of piperidine rings is 1. The molecule has 1 aromatic carbocycles. The lowest BCUT2D eigenvalue weighted by Crippen LogP contribution is -2.57. The number of pyridine rings is 1. The molecular weight excluding hydrogens is 454 g/mol. The van der Waals surface area contributed by atoms with Gasteiger partial charge in [0, 0.05) is 35.3 Å². The van der Waals surface area contributed by atoms with E-state index in [4.69, 9.17) is 8.85 Å². The van der Waals surface area contributed by atoms with Gasteiger partial charge in [-0.25, -0.2) is 18.7 Å². The average Bonchev–Trinajstić information content (AvgIpc) is 3.62. The molecule has 0 radical (unpaired) electrons. The first-order valence-corrected chi connectivity index (χ1v) is 11.7. The minimum atomic E-state index is -2.74. The molecule has 0 unspecified atom stereocenters. The van der Waals surface area contributed by atoms with Crippen molar-refractivity contribution in [1.82, 2.24) is 25.5 Å². The summed E-state index contributed by atoms with van der Waals surface area (Å²) in [6.07, 6.45) is 5.78. The van der Waals surface area contributed by atoms with Crippen LogP contribution in [0.4, 0.5) is 14.7 Å². The number of nitrogens with one attached hydrogen (secondary N) is 1. The SMILES string of the molecule is [2H]C([2H])([2H])Oc1cc(-c2ccc(-c3cnc(N(C4CC4)[C@@H]4C[C@@H]5CC[C@H](N5)[C@@H]4F)nn3)c(O)c2)c(F)cn1. The summed E-state index contributed by atoms with van der Waals surface area (Å²) in [5.41, 5.74) is 0.929. The van der Waals surface area contributed by atoms with E-state index in [1.165, 1.54) is 12.3 Å². The third-order valence-corrected chi connectivity index (χ3v) is 7.15. The summed E-state index contributed by atoms with van der Waals surface area (Å²) in [7, 11) is -2.74. The molecule has 1 saturated carbocycles. The summed E-state index contributed by atoms with van der Waals surface area (Å²) in [5, 5.41) is 22.6. The van der Waals surface area contributed by atoms with Gasteiger partial charge in [0.1, 0.15) is 23.4 Å². The van der Waals surface area contributed by atoms with Crippen LogP contribution in [0, 0.1) is 5.82 Å². The molecule has 4 heterocycles. The van der Waals surface area contributed by atoms with Crippen LogP contribution in [0.5, 0.6) is 11.6 Å². The Hall–Kier alpha value is -3.40. The topological polar surface area (TPSA) is 96.3 Å². The number of alkyl halides is 1. The van der Waals surface area contributed by atoms with Crippen LogP contribution in [0.25, 0.3) is 22.4 Å². The summed E-state index contributed by atoms with van der Waals surface area (Å²) < 4.78 is 56.1. The number of aromatic hydroxyl groups is 1. The van der Waals surface area contributed by atoms with Crippen molar-refractivity contribution in [1.29, 1.82) is 0 Å². The van der Waals surface area contributed by atoms with Crippen LogP contribution in [-0.4, -0.2) is 62.6 Å². The first kappa shape index (κ1) is 18.9. The van der Waals surface area contributed by atoms with Gasteiger partial charge in [0.2, 0.25) is 11.8 Å². The fraction of sp³-hybridized carbons (Fsp3) is 0.440. The molecule has 2 N–H and O–H groups in total. The molecule has 2 saturated heterocycles. The van der Waals surface area contributed by atoms with Crippen LogP contribution >= 0.6 is 0 Å². The smallest absolute Gasteiger partial charge is 0.245 e. The Bertz CT molecular complexity index is 1340. The van der Waals surface area contributed by atoms with Crippen LogP contribution in [-0.2, 0) is 0 Å². The number of fused-ring (bicyclic) bond motifs is 2. The van der Waals surface area contributed by atoms with Gasteiger partial charge in [-0.3, -0.25) is 0 Å². The Morgan fingerprint density at radius 2 is 2.00 bits per heavy atom. The molecule has 3 fully saturated rings. The maximum atomic E-state index is 15.3. The van der Waals surface area contributed by atoms with Crippen LogP contribution in [0.3, 0.4) is 0 Å². The maximum absolute atomic E-state index is 15.3. The first-order valence-electron chi connectivity index (χ1n) is 13.2. The van der Waals surface area contributed by atoms with Gasteiger partial charge in [-0.05, 0) is 49.8 Å². The second-order valence-corrected chi connectivity index (χ2v) is 9.41. The molecule has 2 bridgehead atoms. The van der Waals surface area contributed by atoms with Crippen molar-refractivity contribution >= 4 is 5.95 Å².